The van der Waals surface area contributed by atoms with Crippen LogP contribution in [-0.4, -0.2) is 34.5 Å². The number of unbranched alkanes of at least 4 members (excludes halogenated alkanes) is 1. The number of H-pyrrole nitrogens is 1. The number of aryl methyl sites for hydroxylation is 1. The molecule has 2 aromatic heterocycles. The van der Waals surface area contributed by atoms with Crippen molar-refractivity contribution >= 4 is 33.4 Å². The number of halogens is 1. The summed E-state index contributed by atoms with van der Waals surface area (Å²) in [6.45, 7) is 4.53. The summed E-state index contributed by atoms with van der Waals surface area (Å²) < 4.78 is 7.42. The standard InChI is InChI=1S/C19H25ClN4O2/c1-2-3-10-26-11-7-15-17-18(23-22-15)14-12-13(20)5-6-16(14)24(19(17)25)9-4-8-21/h5-6,12H,2-4,7-11,21H2,1H3,(H,22,23). The van der Waals surface area contributed by atoms with E-state index in [1.807, 2.05) is 12.1 Å². The summed E-state index contributed by atoms with van der Waals surface area (Å²) in [4.78, 5) is 13.1. The number of pyridine rings is 1. The maximum absolute atomic E-state index is 13.1. The van der Waals surface area contributed by atoms with Gasteiger partial charge in [0.2, 0.25) is 0 Å². The zero-order chi connectivity index (χ0) is 18.5. The van der Waals surface area contributed by atoms with Crippen molar-refractivity contribution in [3.63, 3.8) is 0 Å². The van der Waals surface area contributed by atoms with Gasteiger partial charge in [-0.2, -0.15) is 5.10 Å². The average molecular weight is 377 g/mol. The fourth-order valence-corrected chi connectivity index (χ4v) is 3.33. The van der Waals surface area contributed by atoms with Crippen molar-refractivity contribution < 1.29 is 4.74 Å². The lowest BCUT2D eigenvalue weighted by Gasteiger charge is -2.11. The second-order valence-corrected chi connectivity index (χ2v) is 6.84. The van der Waals surface area contributed by atoms with Crippen molar-refractivity contribution in [3.05, 3.63) is 39.3 Å². The summed E-state index contributed by atoms with van der Waals surface area (Å²) in [6.07, 6.45) is 3.50. The SMILES string of the molecule is CCCCOCCc1[nH]nc2c1c(=O)n(CCCN)c1ccc(Cl)cc21. The second kappa shape index (κ2) is 8.66. The van der Waals surface area contributed by atoms with Crippen molar-refractivity contribution in [3.8, 4) is 0 Å². The molecule has 0 saturated heterocycles. The lowest BCUT2D eigenvalue weighted by molar-refractivity contribution is 0.134. The Hall–Kier alpha value is -1.89. The van der Waals surface area contributed by atoms with Crippen LogP contribution in [-0.2, 0) is 17.7 Å². The van der Waals surface area contributed by atoms with E-state index >= 15 is 0 Å². The van der Waals surface area contributed by atoms with Crippen LogP contribution in [0, 0.1) is 0 Å². The van der Waals surface area contributed by atoms with Crippen LogP contribution in [0.4, 0.5) is 0 Å². The molecule has 3 rings (SSSR count). The van der Waals surface area contributed by atoms with E-state index in [0.717, 1.165) is 42.5 Å². The van der Waals surface area contributed by atoms with Crippen molar-refractivity contribution in [1.29, 1.82) is 0 Å². The third-order valence-corrected chi connectivity index (χ3v) is 4.76. The van der Waals surface area contributed by atoms with E-state index in [4.69, 9.17) is 22.1 Å². The predicted molar refractivity (Wildman–Crippen MR) is 106 cm³/mol. The molecular weight excluding hydrogens is 352 g/mol. The number of hydrogen-bond acceptors (Lipinski definition) is 4. The number of aromatic nitrogens is 3. The quantitative estimate of drug-likeness (QED) is 0.561. The Labute approximate surface area is 157 Å². The second-order valence-electron chi connectivity index (χ2n) is 6.40. The predicted octanol–water partition coefficient (Wildman–Crippen LogP) is 3.24. The topological polar surface area (TPSA) is 85.9 Å². The molecule has 7 heteroatoms. The number of nitrogens with one attached hydrogen (secondary N) is 1. The van der Waals surface area contributed by atoms with E-state index in [1.54, 1.807) is 10.6 Å². The molecule has 0 radical (unpaired) electrons. The van der Waals surface area contributed by atoms with Crippen LogP contribution >= 0.6 is 11.6 Å². The molecule has 140 valence electrons. The van der Waals surface area contributed by atoms with Gasteiger partial charge in [0.15, 0.2) is 0 Å². The Kier molecular flexibility index (Phi) is 6.29. The minimum Gasteiger partial charge on any atom is -0.381 e. The molecule has 2 heterocycles. The molecule has 6 nitrogen and oxygen atoms in total. The summed E-state index contributed by atoms with van der Waals surface area (Å²) in [5.41, 5.74) is 7.92. The van der Waals surface area contributed by atoms with Crippen molar-refractivity contribution in [2.75, 3.05) is 19.8 Å². The molecule has 0 atom stereocenters. The van der Waals surface area contributed by atoms with Crippen molar-refractivity contribution in [2.24, 2.45) is 5.73 Å². The highest BCUT2D eigenvalue weighted by molar-refractivity contribution is 6.31. The van der Waals surface area contributed by atoms with Crippen molar-refractivity contribution in [1.82, 2.24) is 14.8 Å². The van der Waals surface area contributed by atoms with E-state index in [-0.39, 0.29) is 5.56 Å². The average Bonchev–Trinajstić information content (AvgIpc) is 3.06. The molecule has 0 spiro atoms. The van der Waals surface area contributed by atoms with Gasteiger partial charge in [0, 0.05) is 30.0 Å². The summed E-state index contributed by atoms with van der Waals surface area (Å²) >= 11 is 6.19. The Morgan fingerprint density at radius 3 is 2.92 bits per heavy atom. The number of hydrogen-bond donors (Lipinski definition) is 2. The number of ether oxygens (including phenoxy) is 1. The number of fused-ring (bicyclic) bond motifs is 3. The Morgan fingerprint density at radius 2 is 2.15 bits per heavy atom. The minimum absolute atomic E-state index is 0.0411. The first-order chi connectivity index (χ1) is 12.7. The smallest absolute Gasteiger partial charge is 0.262 e. The van der Waals surface area contributed by atoms with E-state index in [9.17, 15) is 4.79 Å². The van der Waals surface area contributed by atoms with Crippen LogP contribution in [0.15, 0.2) is 23.0 Å². The summed E-state index contributed by atoms with van der Waals surface area (Å²) in [7, 11) is 0. The van der Waals surface area contributed by atoms with Gasteiger partial charge in [-0.25, -0.2) is 0 Å². The summed E-state index contributed by atoms with van der Waals surface area (Å²) in [5.74, 6) is 0. The Balaban J connectivity index is 2.05. The maximum atomic E-state index is 13.1. The third-order valence-electron chi connectivity index (χ3n) is 4.53. The van der Waals surface area contributed by atoms with Crippen LogP contribution in [0.1, 0.15) is 31.9 Å². The Bertz CT molecular complexity index is 948. The molecule has 1 aromatic carbocycles. The molecular formula is C19H25ClN4O2. The summed E-state index contributed by atoms with van der Waals surface area (Å²) in [5, 5.41) is 9.55. The molecule has 26 heavy (non-hydrogen) atoms. The minimum atomic E-state index is -0.0411. The molecule has 0 saturated carbocycles. The first-order valence-electron chi connectivity index (χ1n) is 9.14. The number of benzene rings is 1. The number of rotatable bonds is 9. The zero-order valence-corrected chi connectivity index (χ0v) is 15.8. The van der Waals surface area contributed by atoms with Gasteiger partial charge >= 0.3 is 0 Å². The number of nitrogens with two attached hydrogens (primary N) is 1. The van der Waals surface area contributed by atoms with Crippen LogP contribution in [0.5, 0.6) is 0 Å². The molecule has 0 bridgehead atoms. The lowest BCUT2D eigenvalue weighted by Crippen LogP contribution is -2.23. The largest absolute Gasteiger partial charge is 0.381 e. The van der Waals surface area contributed by atoms with E-state index in [0.29, 0.717) is 42.0 Å². The van der Waals surface area contributed by atoms with Crippen molar-refractivity contribution in [2.45, 2.75) is 39.2 Å². The zero-order valence-electron chi connectivity index (χ0n) is 15.1. The van der Waals surface area contributed by atoms with E-state index in [2.05, 4.69) is 17.1 Å². The van der Waals surface area contributed by atoms with Gasteiger partial charge < -0.3 is 15.0 Å². The molecule has 3 aromatic rings. The van der Waals surface area contributed by atoms with Gasteiger partial charge in [-0.1, -0.05) is 24.9 Å². The summed E-state index contributed by atoms with van der Waals surface area (Å²) in [6, 6.07) is 5.53. The monoisotopic (exact) mass is 376 g/mol. The molecule has 3 N–H and O–H groups in total. The van der Waals surface area contributed by atoms with Gasteiger partial charge in [-0.05, 0) is 37.6 Å². The first-order valence-corrected chi connectivity index (χ1v) is 9.52. The number of aromatic amines is 1. The lowest BCUT2D eigenvalue weighted by atomic mass is 10.1. The molecule has 0 amide bonds. The molecule has 0 aliphatic rings. The molecule has 0 unspecified atom stereocenters. The van der Waals surface area contributed by atoms with Gasteiger partial charge in [-0.15, -0.1) is 0 Å². The highest BCUT2D eigenvalue weighted by Crippen LogP contribution is 2.26. The third kappa shape index (κ3) is 3.77. The Morgan fingerprint density at radius 1 is 1.31 bits per heavy atom. The highest BCUT2D eigenvalue weighted by Gasteiger charge is 2.17. The fourth-order valence-electron chi connectivity index (χ4n) is 3.16. The van der Waals surface area contributed by atoms with Crippen LogP contribution < -0.4 is 11.3 Å². The highest BCUT2D eigenvalue weighted by atomic mass is 35.5. The molecule has 0 aliphatic carbocycles. The molecule has 0 fully saturated rings. The van der Waals surface area contributed by atoms with Crippen LogP contribution in [0.25, 0.3) is 21.8 Å². The van der Waals surface area contributed by atoms with E-state index in [1.165, 1.54) is 0 Å². The van der Waals surface area contributed by atoms with E-state index < -0.39 is 0 Å². The van der Waals surface area contributed by atoms with Gasteiger partial charge in [-0.3, -0.25) is 9.89 Å². The fraction of sp³-hybridized carbons (Fsp3) is 0.474. The van der Waals surface area contributed by atoms with Gasteiger partial charge in [0.25, 0.3) is 5.56 Å². The van der Waals surface area contributed by atoms with Gasteiger partial charge in [0.05, 0.1) is 23.2 Å². The van der Waals surface area contributed by atoms with Gasteiger partial charge in [0.1, 0.15) is 5.52 Å². The maximum Gasteiger partial charge on any atom is 0.262 e. The first kappa shape index (κ1) is 18.9. The van der Waals surface area contributed by atoms with Crippen LogP contribution in [0.2, 0.25) is 5.02 Å². The molecule has 0 aliphatic heterocycles. The normalized spacial score (nSPS) is 11.7. The number of nitrogens with zero attached hydrogens (tertiary/aromatic N) is 2. The van der Waals surface area contributed by atoms with Crippen LogP contribution in [0.3, 0.4) is 0 Å².